The fourth-order valence-electron chi connectivity index (χ4n) is 2.05. The summed E-state index contributed by atoms with van der Waals surface area (Å²) in [7, 11) is 0. The minimum absolute atomic E-state index is 0.0542. The van der Waals surface area contributed by atoms with Crippen LogP contribution in [0.2, 0.25) is 0 Å². The number of benzene rings is 1. The molecule has 1 amide bonds. The number of nitrogens with zero attached hydrogens (tertiary/aromatic N) is 3. The van der Waals surface area contributed by atoms with E-state index in [4.69, 9.17) is 11.0 Å². The van der Waals surface area contributed by atoms with E-state index in [1.54, 1.807) is 29.1 Å². The molecule has 0 aliphatic carbocycles. The van der Waals surface area contributed by atoms with Crippen LogP contribution in [0.3, 0.4) is 0 Å². The van der Waals surface area contributed by atoms with Gasteiger partial charge in [-0.1, -0.05) is 0 Å². The SMILES string of the molecule is Cc1cc(N)ccc1NC(=O)CCCn1ccnc1C#N. The van der Waals surface area contributed by atoms with Gasteiger partial charge >= 0.3 is 0 Å². The Balaban J connectivity index is 1.84. The Morgan fingerprint density at radius 1 is 1.52 bits per heavy atom. The van der Waals surface area contributed by atoms with Gasteiger partial charge in [0, 0.05) is 36.7 Å². The highest BCUT2D eigenvalue weighted by Gasteiger charge is 2.06. The number of nitrogens with one attached hydrogen (secondary N) is 1. The zero-order valence-corrected chi connectivity index (χ0v) is 11.8. The van der Waals surface area contributed by atoms with E-state index in [0.717, 1.165) is 11.3 Å². The topological polar surface area (TPSA) is 96.7 Å². The molecule has 0 aliphatic heterocycles. The molecule has 0 fully saturated rings. The summed E-state index contributed by atoms with van der Waals surface area (Å²) in [6.45, 7) is 2.49. The summed E-state index contributed by atoms with van der Waals surface area (Å²) < 4.78 is 1.74. The van der Waals surface area contributed by atoms with Crippen molar-refractivity contribution in [3.63, 3.8) is 0 Å². The summed E-state index contributed by atoms with van der Waals surface area (Å²) in [4.78, 5) is 15.8. The Hall–Kier alpha value is -2.81. The Morgan fingerprint density at radius 3 is 3.05 bits per heavy atom. The molecule has 1 heterocycles. The molecule has 2 rings (SSSR count). The largest absolute Gasteiger partial charge is 0.399 e. The van der Waals surface area contributed by atoms with Crippen molar-refractivity contribution in [1.82, 2.24) is 9.55 Å². The van der Waals surface area contributed by atoms with Gasteiger partial charge in [-0.25, -0.2) is 4.98 Å². The number of hydrogen-bond donors (Lipinski definition) is 2. The minimum Gasteiger partial charge on any atom is -0.399 e. The normalized spacial score (nSPS) is 10.1. The molecule has 2 aromatic rings. The quantitative estimate of drug-likeness (QED) is 0.821. The molecule has 0 saturated carbocycles. The van der Waals surface area contributed by atoms with E-state index in [1.807, 2.05) is 19.1 Å². The molecule has 0 unspecified atom stereocenters. The fraction of sp³-hybridized carbons (Fsp3) is 0.267. The van der Waals surface area contributed by atoms with Crippen molar-refractivity contribution in [2.75, 3.05) is 11.1 Å². The van der Waals surface area contributed by atoms with Crippen LogP contribution in [0.15, 0.2) is 30.6 Å². The lowest BCUT2D eigenvalue weighted by molar-refractivity contribution is -0.116. The standard InChI is InChI=1S/C15H17N5O/c1-11-9-12(17)4-5-13(11)19-15(21)3-2-7-20-8-6-18-14(20)10-16/h4-6,8-9H,2-3,7,17H2,1H3,(H,19,21). The second kappa shape index (κ2) is 6.57. The van der Waals surface area contributed by atoms with Crippen LogP contribution in [-0.4, -0.2) is 15.5 Å². The first-order valence-corrected chi connectivity index (χ1v) is 6.67. The lowest BCUT2D eigenvalue weighted by Crippen LogP contribution is -2.13. The van der Waals surface area contributed by atoms with Crippen LogP contribution in [0.4, 0.5) is 11.4 Å². The van der Waals surface area contributed by atoms with E-state index in [9.17, 15) is 4.79 Å². The van der Waals surface area contributed by atoms with Gasteiger partial charge in [0.05, 0.1) is 0 Å². The predicted octanol–water partition coefficient (Wildman–Crippen LogP) is 2.06. The number of amides is 1. The number of carbonyl (C=O) groups is 1. The molecule has 0 aliphatic rings. The van der Waals surface area contributed by atoms with Crippen LogP contribution in [0.1, 0.15) is 24.2 Å². The third-order valence-electron chi connectivity index (χ3n) is 3.14. The summed E-state index contributed by atoms with van der Waals surface area (Å²) in [5, 5.41) is 11.7. The molecule has 6 heteroatoms. The van der Waals surface area contributed by atoms with Gasteiger partial charge in [0.15, 0.2) is 0 Å². The number of aryl methyl sites for hydroxylation is 2. The van der Waals surface area contributed by atoms with Crippen molar-refractivity contribution in [3.8, 4) is 6.07 Å². The number of nitrogens with two attached hydrogens (primary N) is 1. The summed E-state index contributed by atoms with van der Waals surface area (Å²) in [5.41, 5.74) is 8.06. The van der Waals surface area contributed by atoms with Crippen molar-refractivity contribution in [2.24, 2.45) is 0 Å². The first-order chi connectivity index (χ1) is 10.1. The highest BCUT2D eigenvalue weighted by atomic mass is 16.1. The fourth-order valence-corrected chi connectivity index (χ4v) is 2.05. The van der Waals surface area contributed by atoms with Crippen molar-refractivity contribution < 1.29 is 4.79 Å². The summed E-state index contributed by atoms with van der Waals surface area (Å²) in [5.74, 6) is 0.311. The van der Waals surface area contributed by atoms with E-state index in [2.05, 4.69) is 10.3 Å². The third kappa shape index (κ3) is 3.83. The highest BCUT2D eigenvalue weighted by molar-refractivity contribution is 5.91. The van der Waals surface area contributed by atoms with Crippen molar-refractivity contribution >= 4 is 17.3 Å². The van der Waals surface area contributed by atoms with E-state index in [-0.39, 0.29) is 5.91 Å². The lowest BCUT2D eigenvalue weighted by atomic mass is 10.1. The van der Waals surface area contributed by atoms with Gasteiger partial charge in [-0.3, -0.25) is 4.79 Å². The van der Waals surface area contributed by atoms with Crippen LogP contribution < -0.4 is 11.1 Å². The Kier molecular flexibility index (Phi) is 4.57. The van der Waals surface area contributed by atoms with E-state index >= 15 is 0 Å². The smallest absolute Gasteiger partial charge is 0.224 e. The number of aromatic nitrogens is 2. The monoisotopic (exact) mass is 283 g/mol. The molecule has 6 nitrogen and oxygen atoms in total. The number of rotatable bonds is 5. The Morgan fingerprint density at radius 2 is 2.33 bits per heavy atom. The van der Waals surface area contributed by atoms with Gasteiger partial charge in [0.2, 0.25) is 11.7 Å². The average Bonchev–Trinajstić information content (AvgIpc) is 2.89. The van der Waals surface area contributed by atoms with Crippen molar-refractivity contribution in [1.29, 1.82) is 5.26 Å². The molecule has 21 heavy (non-hydrogen) atoms. The highest BCUT2D eigenvalue weighted by Crippen LogP contribution is 2.17. The third-order valence-corrected chi connectivity index (χ3v) is 3.14. The molecular weight excluding hydrogens is 266 g/mol. The molecule has 108 valence electrons. The summed E-state index contributed by atoms with van der Waals surface area (Å²) in [6.07, 6.45) is 4.34. The maximum Gasteiger partial charge on any atom is 0.224 e. The molecule has 1 aromatic carbocycles. The van der Waals surface area contributed by atoms with Crippen LogP contribution in [-0.2, 0) is 11.3 Å². The van der Waals surface area contributed by atoms with Crippen molar-refractivity contribution in [3.05, 3.63) is 42.0 Å². The summed E-state index contributed by atoms with van der Waals surface area (Å²) >= 11 is 0. The summed E-state index contributed by atoms with van der Waals surface area (Å²) in [6, 6.07) is 7.38. The van der Waals surface area contributed by atoms with E-state index in [0.29, 0.717) is 30.9 Å². The minimum atomic E-state index is -0.0542. The van der Waals surface area contributed by atoms with Crippen LogP contribution in [0.25, 0.3) is 0 Å². The number of imidazole rings is 1. The van der Waals surface area contributed by atoms with Crippen LogP contribution in [0, 0.1) is 18.3 Å². The molecular formula is C15H17N5O. The first kappa shape index (κ1) is 14.6. The molecule has 0 atom stereocenters. The molecule has 0 radical (unpaired) electrons. The van der Waals surface area contributed by atoms with Gasteiger partial charge in [-0.2, -0.15) is 5.26 Å². The molecule has 0 bridgehead atoms. The molecule has 0 spiro atoms. The first-order valence-electron chi connectivity index (χ1n) is 6.67. The number of anilines is 2. The van der Waals surface area contributed by atoms with Gasteiger partial charge in [0.1, 0.15) is 6.07 Å². The number of hydrogen-bond acceptors (Lipinski definition) is 4. The lowest BCUT2D eigenvalue weighted by Gasteiger charge is -2.09. The average molecular weight is 283 g/mol. The van der Waals surface area contributed by atoms with E-state index < -0.39 is 0 Å². The molecule has 3 N–H and O–H groups in total. The number of nitrogen functional groups attached to an aromatic ring is 1. The van der Waals surface area contributed by atoms with E-state index in [1.165, 1.54) is 0 Å². The van der Waals surface area contributed by atoms with Crippen LogP contribution >= 0.6 is 0 Å². The second-order valence-corrected chi connectivity index (χ2v) is 4.78. The zero-order valence-electron chi connectivity index (χ0n) is 11.8. The number of nitriles is 1. The predicted molar refractivity (Wildman–Crippen MR) is 80.4 cm³/mol. The van der Waals surface area contributed by atoms with Gasteiger partial charge in [0.25, 0.3) is 0 Å². The van der Waals surface area contributed by atoms with Gasteiger partial charge < -0.3 is 15.6 Å². The maximum absolute atomic E-state index is 11.9. The Bertz CT molecular complexity index is 684. The van der Waals surface area contributed by atoms with Crippen LogP contribution in [0.5, 0.6) is 0 Å². The second-order valence-electron chi connectivity index (χ2n) is 4.78. The molecule has 1 aromatic heterocycles. The Labute approximate surface area is 123 Å². The molecule has 0 saturated heterocycles. The van der Waals surface area contributed by atoms with Gasteiger partial charge in [-0.05, 0) is 37.1 Å². The maximum atomic E-state index is 11.9. The van der Waals surface area contributed by atoms with Crippen molar-refractivity contribution in [2.45, 2.75) is 26.3 Å². The van der Waals surface area contributed by atoms with Gasteiger partial charge in [-0.15, -0.1) is 0 Å². The number of carbonyl (C=O) groups excluding carboxylic acids is 1. The zero-order chi connectivity index (χ0) is 15.2.